The summed E-state index contributed by atoms with van der Waals surface area (Å²) in [5.41, 5.74) is 1.46. The van der Waals surface area contributed by atoms with Gasteiger partial charge >= 0.3 is 0 Å². The average molecular weight is 457 g/mol. The van der Waals surface area contributed by atoms with E-state index in [9.17, 15) is 17.6 Å². The van der Waals surface area contributed by atoms with Crippen molar-refractivity contribution in [2.75, 3.05) is 18.4 Å². The van der Waals surface area contributed by atoms with E-state index in [0.717, 1.165) is 5.56 Å². The van der Waals surface area contributed by atoms with Gasteiger partial charge in [-0.05, 0) is 43.5 Å². The van der Waals surface area contributed by atoms with Gasteiger partial charge in [-0.15, -0.1) is 0 Å². The lowest BCUT2D eigenvalue weighted by atomic mass is 9.97. The molecule has 1 aliphatic heterocycles. The van der Waals surface area contributed by atoms with Crippen LogP contribution >= 0.6 is 0 Å². The molecule has 0 radical (unpaired) electrons. The zero-order chi connectivity index (χ0) is 22.7. The van der Waals surface area contributed by atoms with Crippen LogP contribution in [-0.2, 0) is 20.6 Å². The molecular weight excluding hydrogens is 431 g/mol. The van der Waals surface area contributed by atoms with Crippen molar-refractivity contribution in [2.45, 2.75) is 25.5 Å². The third kappa shape index (κ3) is 4.89. The normalized spacial score (nSPS) is 15.6. The van der Waals surface area contributed by atoms with Crippen LogP contribution in [0.15, 0.2) is 60.9 Å². The van der Waals surface area contributed by atoms with Gasteiger partial charge in [0.05, 0.1) is 11.4 Å². The summed E-state index contributed by atoms with van der Waals surface area (Å²) in [4.78, 5) is 16.8. The van der Waals surface area contributed by atoms with Crippen LogP contribution in [-0.4, -0.2) is 41.3 Å². The Kier molecular flexibility index (Phi) is 6.38. The summed E-state index contributed by atoms with van der Waals surface area (Å²) in [6.07, 6.45) is 4.12. The number of hydrogen-bond donors (Lipinski definition) is 1. The fourth-order valence-corrected chi connectivity index (χ4v) is 5.49. The summed E-state index contributed by atoms with van der Waals surface area (Å²) in [7, 11) is -3.44. The molecule has 1 fully saturated rings. The summed E-state index contributed by atoms with van der Waals surface area (Å²) < 4.78 is 43.0. The number of piperidine rings is 1. The molecule has 32 heavy (non-hydrogen) atoms. The number of nitrogens with zero attached hydrogens (tertiary/aromatic N) is 3. The number of benzene rings is 2. The lowest BCUT2D eigenvalue weighted by molar-refractivity contribution is -0.120. The second-order valence-electron chi connectivity index (χ2n) is 7.92. The van der Waals surface area contributed by atoms with E-state index in [1.165, 1.54) is 10.4 Å². The first-order valence-corrected chi connectivity index (χ1v) is 12.1. The van der Waals surface area contributed by atoms with E-state index in [1.54, 1.807) is 48.1 Å². The molecule has 0 bridgehead atoms. The first-order chi connectivity index (χ1) is 15.3. The fraction of sp³-hybridized carbons (Fsp3) is 0.304. The van der Waals surface area contributed by atoms with Crippen LogP contribution in [0.2, 0.25) is 0 Å². The van der Waals surface area contributed by atoms with Crippen LogP contribution in [0.1, 0.15) is 24.2 Å². The highest BCUT2D eigenvalue weighted by molar-refractivity contribution is 7.88. The number of nitrogens with one attached hydrogen (secondary N) is 1. The highest BCUT2D eigenvalue weighted by Crippen LogP contribution is 2.24. The molecule has 7 nitrogen and oxygen atoms in total. The first-order valence-electron chi connectivity index (χ1n) is 10.5. The number of halogens is 1. The molecule has 0 spiro atoms. The Hall–Kier alpha value is -3.04. The molecule has 4 rings (SSSR count). The maximum atomic E-state index is 14.6. The molecule has 1 N–H and O–H groups in total. The molecule has 9 heteroatoms. The van der Waals surface area contributed by atoms with Crippen LogP contribution in [0, 0.1) is 18.7 Å². The summed E-state index contributed by atoms with van der Waals surface area (Å²) in [5, 5.41) is 2.76. The number of amides is 1. The summed E-state index contributed by atoms with van der Waals surface area (Å²) in [6.45, 7) is 2.36. The van der Waals surface area contributed by atoms with Crippen LogP contribution in [0.4, 0.5) is 10.1 Å². The maximum absolute atomic E-state index is 14.6. The van der Waals surface area contributed by atoms with E-state index in [4.69, 9.17) is 0 Å². The zero-order valence-electron chi connectivity index (χ0n) is 17.7. The molecule has 2 aromatic carbocycles. The Morgan fingerprint density at radius 3 is 2.50 bits per heavy atom. The molecule has 1 aliphatic rings. The van der Waals surface area contributed by atoms with Crippen LogP contribution in [0.3, 0.4) is 0 Å². The van der Waals surface area contributed by atoms with E-state index >= 15 is 0 Å². The van der Waals surface area contributed by atoms with Gasteiger partial charge in [0, 0.05) is 37.1 Å². The second kappa shape index (κ2) is 9.22. The zero-order valence-corrected chi connectivity index (χ0v) is 18.6. The predicted molar refractivity (Wildman–Crippen MR) is 120 cm³/mol. The monoisotopic (exact) mass is 456 g/mol. The topological polar surface area (TPSA) is 84.3 Å². The highest BCUT2D eigenvalue weighted by atomic mass is 32.2. The smallest absolute Gasteiger partial charge is 0.227 e. The van der Waals surface area contributed by atoms with E-state index in [-0.39, 0.29) is 17.6 Å². The van der Waals surface area contributed by atoms with Crippen molar-refractivity contribution in [2.24, 2.45) is 5.92 Å². The first kappa shape index (κ1) is 22.2. The number of hydrogen-bond acceptors (Lipinski definition) is 4. The van der Waals surface area contributed by atoms with Crippen molar-refractivity contribution in [3.05, 3.63) is 78.1 Å². The van der Waals surface area contributed by atoms with Gasteiger partial charge in [0.25, 0.3) is 0 Å². The molecule has 1 aromatic heterocycles. The van der Waals surface area contributed by atoms with Gasteiger partial charge in [0.2, 0.25) is 15.9 Å². The van der Waals surface area contributed by atoms with Crippen molar-refractivity contribution in [3.63, 3.8) is 0 Å². The minimum absolute atomic E-state index is 0.0489. The van der Waals surface area contributed by atoms with Gasteiger partial charge in [0.1, 0.15) is 11.6 Å². The average Bonchev–Trinajstić information content (AvgIpc) is 3.20. The third-order valence-corrected chi connectivity index (χ3v) is 7.56. The lowest BCUT2D eigenvalue weighted by Crippen LogP contribution is -2.41. The summed E-state index contributed by atoms with van der Waals surface area (Å²) in [6, 6.07) is 13.6. The Morgan fingerprint density at radius 1 is 1.16 bits per heavy atom. The Balaban J connectivity index is 1.35. The number of rotatable bonds is 6. The van der Waals surface area contributed by atoms with Crippen LogP contribution < -0.4 is 5.32 Å². The van der Waals surface area contributed by atoms with Crippen molar-refractivity contribution in [1.82, 2.24) is 13.9 Å². The molecule has 0 saturated carbocycles. The standard InChI is InChI=1S/C23H25FN4O3S/c1-17-25-11-14-28(17)22-8-7-20(15-21(22)24)26-23(29)19-9-12-27(13-10-19)32(30,31)16-18-5-3-2-4-6-18/h2-8,11,14-15,19H,9-10,12-13,16H2,1H3,(H,26,29). The van der Waals surface area contributed by atoms with Crippen LogP contribution in [0.25, 0.3) is 5.69 Å². The maximum Gasteiger partial charge on any atom is 0.227 e. The number of sulfonamides is 1. The molecular formula is C23H25FN4O3S. The van der Waals surface area contributed by atoms with Crippen molar-refractivity contribution >= 4 is 21.6 Å². The number of anilines is 1. The Labute approximate surface area is 186 Å². The van der Waals surface area contributed by atoms with E-state index in [2.05, 4.69) is 10.3 Å². The van der Waals surface area contributed by atoms with E-state index in [0.29, 0.717) is 43.1 Å². The molecule has 168 valence electrons. The quantitative estimate of drug-likeness (QED) is 0.615. The Bertz CT molecular complexity index is 1200. The van der Waals surface area contributed by atoms with Gasteiger partial charge in [0.15, 0.2) is 0 Å². The summed E-state index contributed by atoms with van der Waals surface area (Å²) >= 11 is 0. The number of carbonyl (C=O) groups excluding carboxylic acids is 1. The highest BCUT2D eigenvalue weighted by Gasteiger charge is 2.31. The van der Waals surface area contributed by atoms with Gasteiger partial charge in [-0.2, -0.15) is 0 Å². The van der Waals surface area contributed by atoms with Crippen LogP contribution in [0.5, 0.6) is 0 Å². The number of aryl methyl sites for hydroxylation is 1. The molecule has 3 aromatic rings. The van der Waals surface area contributed by atoms with Gasteiger partial charge in [-0.25, -0.2) is 22.1 Å². The minimum atomic E-state index is -3.44. The van der Waals surface area contributed by atoms with Gasteiger partial charge in [-0.1, -0.05) is 30.3 Å². The molecule has 1 amide bonds. The molecule has 0 atom stereocenters. The molecule has 0 aliphatic carbocycles. The third-order valence-electron chi connectivity index (χ3n) is 5.71. The second-order valence-corrected chi connectivity index (χ2v) is 9.88. The Morgan fingerprint density at radius 2 is 1.88 bits per heavy atom. The summed E-state index contributed by atoms with van der Waals surface area (Å²) in [5.74, 6) is -0.402. The molecule has 0 unspecified atom stereocenters. The number of aromatic nitrogens is 2. The SMILES string of the molecule is Cc1nccn1-c1ccc(NC(=O)C2CCN(S(=O)(=O)Cc3ccccc3)CC2)cc1F. The molecule has 1 saturated heterocycles. The lowest BCUT2D eigenvalue weighted by Gasteiger charge is -2.30. The molecule has 2 heterocycles. The van der Waals surface area contributed by atoms with Crippen molar-refractivity contribution in [3.8, 4) is 5.69 Å². The van der Waals surface area contributed by atoms with Gasteiger partial charge < -0.3 is 9.88 Å². The largest absolute Gasteiger partial charge is 0.326 e. The predicted octanol–water partition coefficient (Wildman–Crippen LogP) is 3.50. The fourth-order valence-electron chi connectivity index (χ4n) is 3.93. The minimum Gasteiger partial charge on any atom is -0.326 e. The van der Waals surface area contributed by atoms with Crippen molar-refractivity contribution < 1.29 is 17.6 Å². The number of carbonyl (C=O) groups is 1. The number of imidazole rings is 1. The van der Waals surface area contributed by atoms with Crippen molar-refractivity contribution in [1.29, 1.82) is 0 Å². The van der Waals surface area contributed by atoms with E-state index in [1.807, 2.05) is 18.2 Å². The van der Waals surface area contributed by atoms with E-state index < -0.39 is 15.8 Å². The van der Waals surface area contributed by atoms with Gasteiger partial charge in [-0.3, -0.25) is 4.79 Å².